The van der Waals surface area contributed by atoms with E-state index in [2.05, 4.69) is 19.2 Å². The van der Waals surface area contributed by atoms with Gasteiger partial charge in [-0.15, -0.1) is 0 Å². The van der Waals surface area contributed by atoms with Crippen LogP contribution < -0.4 is 5.32 Å². The molecule has 5 heteroatoms. The number of anilines is 1. The van der Waals surface area contributed by atoms with Crippen LogP contribution >= 0.6 is 0 Å². The first-order valence-electron chi connectivity index (χ1n) is 6.17. The molecule has 4 nitrogen and oxygen atoms in total. The first kappa shape index (κ1) is 12.8. The van der Waals surface area contributed by atoms with Gasteiger partial charge in [-0.05, 0) is 30.7 Å². The molecule has 1 N–H and O–H groups in total. The van der Waals surface area contributed by atoms with Gasteiger partial charge in [0.05, 0.1) is 11.0 Å². The summed E-state index contributed by atoms with van der Waals surface area (Å²) in [5, 5.41) is 13.8. The minimum Gasteiger partial charge on any atom is -0.382 e. The second kappa shape index (κ2) is 4.92. The number of rotatable bonds is 4. The van der Waals surface area contributed by atoms with Crippen LogP contribution in [0.25, 0.3) is 0 Å². The summed E-state index contributed by atoms with van der Waals surface area (Å²) >= 11 is 0. The maximum Gasteiger partial charge on any atom is 0.274 e. The number of benzene rings is 1. The zero-order valence-corrected chi connectivity index (χ0v) is 10.5. The third kappa shape index (κ3) is 2.78. The number of nitrogens with one attached hydrogen (secondary N) is 1. The summed E-state index contributed by atoms with van der Waals surface area (Å²) < 4.78 is 13.2. The van der Waals surface area contributed by atoms with E-state index in [1.807, 2.05) is 0 Å². The molecule has 0 amide bonds. The summed E-state index contributed by atoms with van der Waals surface area (Å²) in [6, 6.07) is 3.92. The van der Waals surface area contributed by atoms with E-state index in [0.29, 0.717) is 23.6 Å². The molecule has 18 heavy (non-hydrogen) atoms. The molecule has 0 aromatic heterocycles. The van der Waals surface area contributed by atoms with Crippen LogP contribution in [0.4, 0.5) is 15.8 Å². The van der Waals surface area contributed by atoms with E-state index in [9.17, 15) is 14.5 Å². The lowest BCUT2D eigenvalue weighted by Crippen LogP contribution is -2.37. The predicted octanol–water partition coefficient (Wildman–Crippen LogP) is 3.58. The molecule has 0 spiro atoms. The van der Waals surface area contributed by atoms with Crippen molar-refractivity contribution in [1.29, 1.82) is 0 Å². The van der Waals surface area contributed by atoms with Crippen molar-refractivity contribution in [3.8, 4) is 0 Å². The molecule has 1 aromatic rings. The van der Waals surface area contributed by atoms with Crippen LogP contribution in [0.15, 0.2) is 18.2 Å². The van der Waals surface area contributed by atoms with Gasteiger partial charge in [-0.3, -0.25) is 10.1 Å². The molecule has 2 rings (SSSR count). The van der Waals surface area contributed by atoms with Gasteiger partial charge < -0.3 is 5.32 Å². The number of halogens is 1. The van der Waals surface area contributed by atoms with Gasteiger partial charge >= 0.3 is 0 Å². The zero-order chi connectivity index (χ0) is 13.3. The van der Waals surface area contributed by atoms with Gasteiger partial charge in [0.2, 0.25) is 0 Å². The van der Waals surface area contributed by atoms with Crippen LogP contribution in [0, 0.1) is 27.8 Å². The number of hydrogen-bond acceptors (Lipinski definition) is 3. The Morgan fingerprint density at radius 1 is 1.39 bits per heavy atom. The first-order chi connectivity index (χ1) is 8.45. The molecule has 1 aliphatic carbocycles. The molecule has 0 bridgehead atoms. The molecular formula is C13H17FN2O2. The average Bonchev–Trinajstić information content (AvgIpc) is 2.21. The molecule has 1 fully saturated rings. The second-order valence-corrected chi connectivity index (χ2v) is 5.27. The number of hydrogen-bond donors (Lipinski definition) is 1. The third-order valence-electron chi connectivity index (χ3n) is 3.58. The van der Waals surface area contributed by atoms with Gasteiger partial charge in [0, 0.05) is 17.8 Å². The average molecular weight is 252 g/mol. The molecule has 98 valence electrons. The van der Waals surface area contributed by atoms with Crippen molar-refractivity contribution in [2.75, 3.05) is 5.32 Å². The predicted molar refractivity (Wildman–Crippen MR) is 68.0 cm³/mol. The van der Waals surface area contributed by atoms with E-state index in [1.54, 1.807) is 0 Å². The fourth-order valence-corrected chi connectivity index (χ4v) is 2.32. The van der Waals surface area contributed by atoms with Crippen molar-refractivity contribution in [1.82, 2.24) is 0 Å². The summed E-state index contributed by atoms with van der Waals surface area (Å²) in [6.07, 6.45) is 2.09. The lowest BCUT2D eigenvalue weighted by Gasteiger charge is -2.39. The van der Waals surface area contributed by atoms with E-state index >= 15 is 0 Å². The smallest absolute Gasteiger partial charge is 0.274 e. The van der Waals surface area contributed by atoms with Crippen LogP contribution in [0.1, 0.15) is 26.7 Å². The molecule has 1 saturated carbocycles. The van der Waals surface area contributed by atoms with Crippen molar-refractivity contribution in [2.24, 2.45) is 11.8 Å². The first-order valence-corrected chi connectivity index (χ1v) is 6.17. The Hall–Kier alpha value is -1.65. The maximum absolute atomic E-state index is 13.2. The minimum atomic E-state index is -0.577. The van der Waals surface area contributed by atoms with Gasteiger partial charge in [-0.25, -0.2) is 4.39 Å². The van der Waals surface area contributed by atoms with E-state index in [0.717, 1.165) is 18.9 Å². The van der Waals surface area contributed by atoms with Crippen molar-refractivity contribution < 1.29 is 9.31 Å². The van der Waals surface area contributed by atoms with Crippen molar-refractivity contribution >= 4 is 11.4 Å². The van der Waals surface area contributed by atoms with Crippen LogP contribution in [-0.4, -0.2) is 11.0 Å². The summed E-state index contributed by atoms with van der Waals surface area (Å²) in [4.78, 5) is 10.0. The second-order valence-electron chi connectivity index (χ2n) is 5.27. The highest BCUT2D eigenvalue weighted by molar-refractivity contribution is 5.52. The number of nitro groups is 1. The fraction of sp³-hybridized carbons (Fsp3) is 0.538. The molecular weight excluding hydrogens is 235 g/mol. The number of non-ortho nitro benzene ring substituents is 1. The van der Waals surface area contributed by atoms with E-state index in [4.69, 9.17) is 0 Å². The minimum absolute atomic E-state index is 0.211. The summed E-state index contributed by atoms with van der Waals surface area (Å²) in [6.45, 7) is 4.38. The van der Waals surface area contributed by atoms with Gasteiger partial charge in [-0.1, -0.05) is 13.8 Å². The van der Waals surface area contributed by atoms with Crippen LogP contribution in [-0.2, 0) is 0 Å². The van der Waals surface area contributed by atoms with Gasteiger partial charge in [0.15, 0.2) is 0 Å². The maximum atomic E-state index is 13.2. The highest BCUT2D eigenvalue weighted by atomic mass is 19.1. The van der Waals surface area contributed by atoms with Crippen LogP contribution in [0.3, 0.4) is 0 Å². The van der Waals surface area contributed by atoms with Gasteiger partial charge in [0.25, 0.3) is 5.69 Å². The molecule has 0 aliphatic heterocycles. The quantitative estimate of drug-likeness (QED) is 0.658. The SMILES string of the molecule is CC(C)C1CC(Nc2cc(F)cc([N+](=O)[O-])c2)C1. The standard InChI is InChI=1S/C13H17FN2O2/c1-8(2)9-3-11(4-9)15-12-5-10(14)6-13(7-12)16(17)18/h5-9,11,15H,3-4H2,1-2H3. The van der Waals surface area contributed by atoms with Gasteiger partial charge in [0.1, 0.15) is 5.82 Å². The van der Waals surface area contributed by atoms with Crippen molar-refractivity contribution in [3.63, 3.8) is 0 Å². The third-order valence-corrected chi connectivity index (χ3v) is 3.58. The monoisotopic (exact) mass is 252 g/mol. The molecule has 0 radical (unpaired) electrons. The molecule has 1 aromatic carbocycles. The molecule has 0 atom stereocenters. The summed E-state index contributed by atoms with van der Waals surface area (Å²) in [5.41, 5.74) is 0.283. The summed E-state index contributed by atoms with van der Waals surface area (Å²) in [5.74, 6) is 0.780. The van der Waals surface area contributed by atoms with Crippen LogP contribution in [0.5, 0.6) is 0 Å². The highest BCUT2D eigenvalue weighted by Crippen LogP contribution is 2.36. The Kier molecular flexibility index (Phi) is 3.50. The Balaban J connectivity index is 2.00. The lowest BCUT2D eigenvalue weighted by atomic mass is 9.73. The summed E-state index contributed by atoms with van der Waals surface area (Å²) in [7, 11) is 0. The van der Waals surface area contributed by atoms with E-state index in [1.165, 1.54) is 12.1 Å². The Bertz CT molecular complexity index is 456. The molecule has 1 aliphatic rings. The molecule has 0 unspecified atom stereocenters. The van der Waals surface area contributed by atoms with Crippen LogP contribution in [0.2, 0.25) is 0 Å². The van der Waals surface area contributed by atoms with Crippen molar-refractivity contribution in [3.05, 3.63) is 34.1 Å². The number of nitrogens with zero attached hydrogens (tertiary/aromatic N) is 1. The Morgan fingerprint density at radius 3 is 2.61 bits per heavy atom. The van der Waals surface area contributed by atoms with Crippen molar-refractivity contribution in [2.45, 2.75) is 32.7 Å². The normalized spacial score (nSPS) is 22.7. The molecule has 0 saturated heterocycles. The fourth-order valence-electron chi connectivity index (χ4n) is 2.32. The Labute approximate surface area is 105 Å². The molecule has 0 heterocycles. The van der Waals surface area contributed by atoms with E-state index < -0.39 is 10.7 Å². The van der Waals surface area contributed by atoms with Gasteiger partial charge in [-0.2, -0.15) is 0 Å². The highest BCUT2D eigenvalue weighted by Gasteiger charge is 2.31. The number of nitro benzene ring substituents is 1. The largest absolute Gasteiger partial charge is 0.382 e. The zero-order valence-electron chi connectivity index (χ0n) is 10.5. The Morgan fingerprint density at radius 2 is 2.06 bits per heavy atom. The topological polar surface area (TPSA) is 55.2 Å². The lowest BCUT2D eigenvalue weighted by molar-refractivity contribution is -0.385. The van der Waals surface area contributed by atoms with E-state index in [-0.39, 0.29) is 5.69 Å².